The minimum Gasteiger partial charge on any atom is -0.383 e. The summed E-state index contributed by atoms with van der Waals surface area (Å²) in [6.07, 6.45) is 3.63. The van der Waals surface area contributed by atoms with Crippen LogP contribution in [0.25, 0.3) is 0 Å². The molecule has 28 heavy (non-hydrogen) atoms. The van der Waals surface area contributed by atoms with Gasteiger partial charge in [0.2, 0.25) is 5.91 Å². The van der Waals surface area contributed by atoms with E-state index in [2.05, 4.69) is 53.2 Å². The predicted octanol–water partition coefficient (Wildman–Crippen LogP) is 2.52. The molecule has 0 radical (unpaired) electrons. The molecule has 0 aliphatic carbocycles. The van der Waals surface area contributed by atoms with Gasteiger partial charge in [-0.15, -0.1) is 0 Å². The Morgan fingerprint density at radius 2 is 1.93 bits per heavy atom. The summed E-state index contributed by atoms with van der Waals surface area (Å²) in [6, 6.07) is 12.3. The highest BCUT2D eigenvalue weighted by Gasteiger charge is 2.44. The Kier molecular flexibility index (Phi) is 5.02. The molecule has 0 bridgehead atoms. The predicted molar refractivity (Wildman–Crippen MR) is 107 cm³/mol. The van der Waals surface area contributed by atoms with Crippen LogP contribution in [0.3, 0.4) is 0 Å². The standard InChI is InChI=1S/C22H30N4O2/c1-21(2)14-18(16-26(21)15-17-6-4-3-5-7-17)20(27)25-12-9-22(28,10-13-25)19-8-11-23-24-19/h3-8,11,18,28H,9-10,12-16H2,1-2H3,(H,23,24). The monoisotopic (exact) mass is 382 g/mol. The van der Waals surface area contributed by atoms with E-state index in [0.717, 1.165) is 25.2 Å². The Bertz CT molecular complexity index is 795. The van der Waals surface area contributed by atoms with Crippen molar-refractivity contribution in [2.45, 2.75) is 50.8 Å². The van der Waals surface area contributed by atoms with Crippen LogP contribution in [-0.4, -0.2) is 56.2 Å². The molecule has 1 unspecified atom stereocenters. The molecule has 2 N–H and O–H groups in total. The number of benzene rings is 1. The fraction of sp³-hybridized carbons (Fsp3) is 0.545. The van der Waals surface area contributed by atoms with Gasteiger partial charge in [0.25, 0.3) is 0 Å². The zero-order valence-corrected chi connectivity index (χ0v) is 16.8. The quantitative estimate of drug-likeness (QED) is 0.852. The average Bonchev–Trinajstić information content (AvgIpc) is 3.32. The van der Waals surface area contributed by atoms with Crippen LogP contribution in [0.5, 0.6) is 0 Å². The van der Waals surface area contributed by atoms with Crippen LogP contribution in [-0.2, 0) is 16.9 Å². The number of aromatic amines is 1. The number of aliphatic hydroxyl groups is 1. The minimum absolute atomic E-state index is 0.00259. The summed E-state index contributed by atoms with van der Waals surface area (Å²) in [6.45, 7) is 7.31. The summed E-state index contributed by atoms with van der Waals surface area (Å²) in [4.78, 5) is 17.5. The van der Waals surface area contributed by atoms with Crippen molar-refractivity contribution in [1.82, 2.24) is 20.0 Å². The number of piperidine rings is 1. The number of aromatic nitrogens is 2. The van der Waals surface area contributed by atoms with Crippen molar-refractivity contribution < 1.29 is 9.90 Å². The number of carbonyl (C=O) groups excluding carboxylic acids is 1. The Morgan fingerprint density at radius 1 is 1.21 bits per heavy atom. The molecule has 1 amide bonds. The second kappa shape index (κ2) is 7.33. The molecule has 2 aliphatic rings. The highest BCUT2D eigenvalue weighted by Crippen LogP contribution is 2.37. The van der Waals surface area contributed by atoms with Gasteiger partial charge in [0.15, 0.2) is 0 Å². The van der Waals surface area contributed by atoms with Gasteiger partial charge in [0.05, 0.1) is 11.6 Å². The van der Waals surface area contributed by atoms with Gasteiger partial charge < -0.3 is 10.0 Å². The van der Waals surface area contributed by atoms with Crippen molar-refractivity contribution in [3.8, 4) is 0 Å². The Balaban J connectivity index is 1.38. The Morgan fingerprint density at radius 3 is 2.57 bits per heavy atom. The molecule has 4 rings (SSSR count). The minimum atomic E-state index is -0.901. The lowest BCUT2D eigenvalue weighted by Gasteiger charge is -2.38. The first-order valence-corrected chi connectivity index (χ1v) is 10.2. The Hall–Kier alpha value is -2.18. The van der Waals surface area contributed by atoms with Crippen molar-refractivity contribution >= 4 is 5.91 Å². The first-order chi connectivity index (χ1) is 13.4. The summed E-state index contributed by atoms with van der Waals surface area (Å²) in [5.74, 6) is 0.257. The van der Waals surface area contributed by atoms with Crippen LogP contribution < -0.4 is 0 Å². The number of nitrogens with zero attached hydrogens (tertiary/aromatic N) is 3. The largest absolute Gasteiger partial charge is 0.383 e. The second-order valence-corrected chi connectivity index (χ2v) is 8.91. The second-order valence-electron chi connectivity index (χ2n) is 8.91. The van der Waals surface area contributed by atoms with Crippen molar-refractivity contribution in [3.63, 3.8) is 0 Å². The molecule has 2 aliphatic heterocycles. The molecule has 1 aromatic carbocycles. The van der Waals surface area contributed by atoms with Crippen LogP contribution in [0.2, 0.25) is 0 Å². The maximum atomic E-state index is 13.2. The number of amides is 1. The molecular formula is C22H30N4O2. The molecule has 2 saturated heterocycles. The summed E-state index contributed by atoms with van der Waals surface area (Å²) < 4.78 is 0. The van der Waals surface area contributed by atoms with E-state index in [1.54, 1.807) is 6.20 Å². The summed E-state index contributed by atoms with van der Waals surface area (Å²) in [7, 11) is 0. The van der Waals surface area contributed by atoms with Crippen molar-refractivity contribution in [3.05, 3.63) is 53.9 Å². The van der Waals surface area contributed by atoms with Crippen molar-refractivity contribution in [2.24, 2.45) is 5.92 Å². The van der Waals surface area contributed by atoms with E-state index in [1.165, 1.54) is 5.56 Å². The molecular weight excluding hydrogens is 352 g/mol. The normalized spacial score (nSPS) is 24.4. The van der Waals surface area contributed by atoms with Crippen molar-refractivity contribution in [2.75, 3.05) is 19.6 Å². The molecule has 0 saturated carbocycles. The van der Waals surface area contributed by atoms with E-state index < -0.39 is 5.60 Å². The van der Waals surface area contributed by atoms with E-state index >= 15 is 0 Å². The van der Waals surface area contributed by atoms with Gasteiger partial charge in [-0.25, -0.2) is 0 Å². The molecule has 2 fully saturated rings. The summed E-state index contributed by atoms with van der Waals surface area (Å²) in [5.41, 5.74) is 1.13. The van der Waals surface area contributed by atoms with E-state index in [-0.39, 0.29) is 17.4 Å². The fourth-order valence-corrected chi connectivity index (χ4v) is 4.70. The van der Waals surface area contributed by atoms with Crippen LogP contribution in [0.1, 0.15) is 44.4 Å². The molecule has 6 nitrogen and oxygen atoms in total. The number of hydrogen-bond acceptors (Lipinski definition) is 4. The highest BCUT2D eigenvalue weighted by atomic mass is 16.3. The maximum Gasteiger partial charge on any atom is 0.227 e. The van der Waals surface area contributed by atoms with Gasteiger partial charge in [0.1, 0.15) is 5.60 Å². The van der Waals surface area contributed by atoms with Gasteiger partial charge in [-0.05, 0) is 44.7 Å². The first kappa shape index (κ1) is 19.2. The van der Waals surface area contributed by atoms with Crippen LogP contribution in [0.4, 0.5) is 0 Å². The van der Waals surface area contributed by atoms with E-state index in [0.29, 0.717) is 25.9 Å². The lowest BCUT2D eigenvalue weighted by molar-refractivity contribution is -0.139. The van der Waals surface area contributed by atoms with Gasteiger partial charge in [-0.3, -0.25) is 14.8 Å². The molecule has 6 heteroatoms. The van der Waals surface area contributed by atoms with Gasteiger partial charge in [0, 0.05) is 37.9 Å². The van der Waals surface area contributed by atoms with Gasteiger partial charge in [-0.1, -0.05) is 30.3 Å². The van der Waals surface area contributed by atoms with Gasteiger partial charge >= 0.3 is 0 Å². The maximum absolute atomic E-state index is 13.2. The SMILES string of the molecule is CC1(C)CC(C(=O)N2CCC(O)(c3ccn[nH]3)CC2)CN1Cc1ccccc1. The van der Waals surface area contributed by atoms with Crippen LogP contribution >= 0.6 is 0 Å². The molecule has 3 heterocycles. The third kappa shape index (κ3) is 3.71. The van der Waals surface area contributed by atoms with E-state index in [1.807, 2.05) is 17.0 Å². The third-order valence-electron chi connectivity index (χ3n) is 6.51. The molecule has 150 valence electrons. The molecule has 1 atom stereocenters. The molecule has 2 aromatic rings. The van der Waals surface area contributed by atoms with Crippen LogP contribution in [0.15, 0.2) is 42.6 Å². The van der Waals surface area contributed by atoms with Crippen LogP contribution in [0, 0.1) is 5.92 Å². The van der Waals surface area contributed by atoms with Crippen molar-refractivity contribution in [1.29, 1.82) is 0 Å². The number of H-pyrrole nitrogens is 1. The number of nitrogens with one attached hydrogen (secondary N) is 1. The number of rotatable bonds is 4. The number of likely N-dealkylation sites (tertiary alicyclic amines) is 2. The molecule has 1 aromatic heterocycles. The number of hydrogen-bond donors (Lipinski definition) is 2. The Labute approximate surface area is 166 Å². The highest BCUT2D eigenvalue weighted by molar-refractivity contribution is 5.79. The zero-order chi connectivity index (χ0) is 19.8. The molecule has 0 spiro atoms. The van der Waals surface area contributed by atoms with E-state index in [9.17, 15) is 9.90 Å². The third-order valence-corrected chi connectivity index (χ3v) is 6.51. The summed E-state index contributed by atoms with van der Waals surface area (Å²) >= 11 is 0. The summed E-state index contributed by atoms with van der Waals surface area (Å²) in [5, 5.41) is 17.7. The zero-order valence-electron chi connectivity index (χ0n) is 16.8. The fourth-order valence-electron chi connectivity index (χ4n) is 4.70. The lowest BCUT2D eigenvalue weighted by atomic mass is 9.87. The smallest absolute Gasteiger partial charge is 0.227 e. The average molecular weight is 383 g/mol. The van der Waals surface area contributed by atoms with E-state index in [4.69, 9.17) is 0 Å². The number of carbonyl (C=O) groups is 1. The lowest BCUT2D eigenvalue weighted by Crippen LogP contribution is -2.47. The topological polar surface area (TPSA) is 72.5 Å². The first-order valence-electron chi connectivity index (χ1n) is 10.2. The van der Waals surface area contributed by atoms with Gasteiger partial charge in [-0.2, -0.15) is 5.10 Å².